The number of aromatic nitrogens is 1. The Balaban J connectivity index is 2.32. The van der Waals surface area contributed by atoms with E-state index in [1.165, 1.54) is 11.1 Å². The molecule has 0 aromatic carbocycles. The molecule has 0 amide bonds. The van der Waals surface area contributed by atoms with Gasteiger partial charge in [0.05, 0.1) is 0 Å². The van der Waals surface area contributed by atoms with Crippen LogP contribution in [0.15, 0.2) is 48.8 Å². The number of allylic oxidation sites excluding steroid dienone is 3. The molecule has 1 nitrogen and oxygen atoms in total. The van der Waals surface area contributed by atoms with Crippen molar-refractivity contribution in [2.75, 3.05) is 0 Å². The van der Waals surface area contributed by atoms with Crippen LogP contribution in [0.2, 0.25) is 0 Å². The monoisotopic (exact) mass is 143 g/mol. The third-order valence-corrected chi connectivity index (χ3v) is 1.97. The lowest BCUT2D eigenvalue weighted by Crippen LogP contribution is -2.04. The maximum Gasteiger partial charge on any atom is 0.0270 e. The van der Waals surface area contributed by atoms with E-state index in [4.69, 9.17) is 0 Å². The van der Waals surface area contributed by atoms with E-state index >= 15 is 0 Å². The van der Waals surface area contributed by atoms with Crippen LogP contribution in [-0.2, 0) is 0 Å². The number of hydrogen-bond donors (Lipinski definition) is 0. The van der Waals surface area contributed by atoms with Crippen molar-refractivity contribution in [3.8, 4) is 0 Å². The van der Waals surface area contributed by atoms with Crippen LogP contribution in [0.5, 0.6) is 0 Å². The van der Waals surface area contributed by atoms with Gasteiger partial charge in [-0.1, -0.05) is 18.7 Å². The molecule has 1 aromatic heterocycles. The molecule has 0 N–H and O–H groups in total. The van der Waals surface area contributed by atoms with Gasteiger partial charge in [0, 0.05) is 18.3 Å². The second-order valence-electron chi connectivity index (χ2n) is 2.69. The lowest BCUT2D eigenvalue weighted by atomic mass is 9.84. The standard InChI is InChI=1S/C10H9N/c1-8-2-3-10(8)9-4-6-11-7-5-9/h2-7,10H,1H2. The van der Waals surface area contributed by atoms with Crippen LogP contribution in [0.3, 0.4) is 0 Å². The second kappa shape index (κ2) is 2.35. The summed E-state index contributed by atoms with van der Waals surface area (Å²) in [5, 5.41) is 0. The Morgan fingerprint density at radius 1 is 1.27 bits per heavy atom. The van der Waals surface area contributed by atoms with Gasteiger partial charge in [-0.3, -0.25) is 4.98 Å². The smallest absolute Gasteiger partial charge is 0.0270 e. The molecule has 0 radical (unpaired) electrons. The highest BCUT2D eigenvalue weighted by molar-refractivity contribution is 5.45. The van der Waals surface area contributed by atoms with Crippen LogP contribution < -0.4 is 0 Å². The van der Waals surface area contributed by atoms with Crippen LogP contribution in [0, 0.1) is 0 Å². The van der Waals surface area contributed by atoms with E-state index in [9.17, 15) is 0 Å². The molecule has 1 aliphatic rings. The van der Waals surface area contributed by atoms with E-state index in [1.807, 2.05) is 30.6 Å². The van der Waals surface area contributed by atoms with Crippen LogP contribution >= 0.6 is 0 Å². The summed E-state index contributed by atoms with van der Waals surface area (Å²) in [5.41, 5.74) is 2.48. The first kappa shape index (κ1) is 6.35. The Morgan fingerprint density at radius 3 is 2.45 bits per heavy atom. The first-order chi connectivity index (χ1) is 5.38. The molecule has 0 bridgehead atoms. The van der Waals surface area contributed by atoms with Gasteiger partial charge in [0.1, 0.15) is 0 Å². The molecule has 54 valence electrons. The van der Waals surface area contributed by atoms with Gasteiger partial charge in [-0.25, -0.2) is 0 Å². The summed E-state index contributed by atoms with van der Waals surface area (Å²) in [7, 11) is 0. The molecule has 0 aliphatic heterocycles. The first-order valence-electron chi connectivity index (χ1n) is 3.65. The van der Waals surface area contributed by atoms with Gasteiger partial charge < -0.3 is 0 Å². The van der Waals surface area contributed by atoms with Gasteiger partial charge in [-0.15, -0.1) is 0 Å². The Bertz CT molecular complexity index is 298. The number of nitrogens with zero attached hydrogens (tertiary/aromatic N) is 1. The molecule has 1 atom stereocenters. The zero-order valence-corrected chi connectivity index (χ0v) is 6.20. The fourth-order valence-corrected chi connectivity index (χ4v) is 1.22. The third-order valence-electron chi connectivity index (χ3n) is 1.97. The van der Waals surface area contributed by atoms with Crippen LogP contribution in [-0.4, -0.2) is 4.98 Å². The highest BCUT2D eigenvalue weighted by Crippen LogP contribution is 2.32. The minimum absolute atomic E-state index is 0.443. The summed E-state index contributed by atoms with van der Waals surface area (Å²) in [5.74, 6) is 0.443. The van der Waals surface area contributed by atoms with Crippen molar-refractivity contribution in [2.24, 2.45) is 0 Å². The van der Waals surface area contributed by atoms with Crippen LogP contribution in [0.25, 0.3) is 0 Å². The molecule has 2 rings (SSSR count). The maximum absolute atomic E-state index is 3.96. The van der Waals surface area contributed by atoms with Crippen molar-refractivity contribution < 1.29 is 0 Å². The molecule has 1 heteroatoms. The van der Waals surface area contributed by atoms with E-state index in [0.29, 0.717) is 5.92 Å². The zero-order valence-electron chi connectivity index (χ0n) is 6.20. The van der Waals surface area contributed by atoms with E-state index < -0.39 is 0 Å². The molecule has 1 heterocycles. The third kappa shape index (κ3) is 0.984. The van der Waals surface area contributed by atoms with Gasteiger partial charge >= 0.3 is 0 Å². The van der Waals surface area contributed by atoms with Crippen molar-refractivity contribution in [2.45, 2.75) is 5.92 Å². The molecule has 1 aromatic rings. The van der Waals surface area contributed by atoms with Crippen molar-refractivity contribution in [1.82, 2.24) is 4.98 Å². The predicted octanol–water partition coefficient (Wildman–Crippen LogP) is 2.29. The minimum atomic E-state index is 0.443. The average Bonchev–Trinajstić information content (AvgIpc) is 2.04. The molecule has 1 aliphatic carbocycles. The first-order valence-corrected chi connectivity index (χ1v) is 3.65. The topological polar surface area (TPSA) is 12.9 Å². The maximum atomic E-state index is 3.96. The van der Waals surface area contributed by atoms with Crippen molar-refractivity contribution in [3.63, 3.8) is 0 Å². The summed E-state index contributed by atoms with van der Waals surface area (Å²) >= 11 is 0. The quantitative estimate of drug-likeness (QED) is 0.587. The predicted molar refractivity (Wildman–Crippen MR) is 45.3 cm³/mol. The SMILES string of the molecule is C=C1C=CC1c1ccncc1. The second-order valence-corrected chi connectivity index (χ2v) is 2.69. The normalized spacial score (nSPS) is 21.5. The highest BCUT2D eigenvalue weighted by atomic mass is 14.6. The van der Waals surface area contributed by atoms with E-state index in [-0.39, 0.29) is 0 Å². The largest absolute Gasteiger partial charge is 0.265 e. The lowest BCUT2D eigenvalue weighted by molar-refractivity contribution is 0.965. The summed E-state index contributed by atoms with van der Waals surface area (Å²) in [6.07, 6.45) is 7.83. The summed E-state index contributed by atoms with van der Waals surface area (Å²) in [6, 6.07) is 4.05. The summed E-state index contributed by atoms with van der Waals surface area (Å²) in [4.78, 5) is 3.96. The number of pyridine rings is 1. The van der Waals surface area contributed by atoms with Gasteiger partial charge in [0.15, 0.2) is 0 Å². The highest BCUT2D eigenvalue weighted by Gasteiger charge is 2.15. The van der Waals surface area contributed by atoms with Crippen molar-refractivity contribution in [1.29, 1.82) is 0 Å². The van der Waals surface area contributed by atoms with E-state index in [1.54, 1.807) is 0 Å². The fourth-order valence-electron chi connectivity index (χ4n) is 1.22. The van der Waals surface area contributed by atoms with E-state index in [0.717, 1.165) is 0 Å². The molecule has 1 unspecified atom stereocenters. The fraction of sp³-hybridized carbons (Fsp3) is 0.100. The number of hydrogen-bond acceptors (Lipinski definition) is 1. The van der Waals surface area contributed by atoms with Crippen LogP contribution in [0.4, 0.5) is 0 Å². The Hall–Kier alpha value is -1.37. The molecule has 0 saturated heterocycles. The average molecular weight is 143 g/mol. The molecule has 11 heavy (non-hydrogen) atoms. The molecule has 0 fully saturated rings. The van der Waals surface area contributed by atoms with Crippen molar-refractivity contribution in [3.05, 3.63) is 54.4 Å². The van der Waals surface area contributed by atoms with Gasteiger partial charge in [-0.2, -0.15) is 0 Å². The Morgan fingerprint density at radius 2 is 2.00 bits per heavy atom. The zero-order chi connectivity index (χ0) is 7.68. The van der Waals surface area contributed by atoms with Gasteiger partial charge in [0.2, 0.25) is 0 Å². The Labute approximate surface area is 66.1 Å². The summed E-state index contributed by atoms with van der Waals surface area (Å²) in [6.45, 7) is 3.91. The number of rotatable bonds is 1. The molecular weight excluding hydrogens is 134 g/mol. The molecule has 0 spiro atoms. The van der Waals surface area contributed by atoms with Gasteiger partial charge in [-0.05, 0) is 23.3 Å². The Kier molecular flexibility index (Phi) is 1.35. The minimum Gasteiger partial charge on any atom is -0.265 e. The lowest BCUT2D eigenvalue weighted by Gasteiger charge is -2.20. The van der Waals surface area contributed by atoms with Gasteiger partial charge in [0.25, 0.3) is 0 Å². The van der Waals surface area contributed by atoms with Crippen molar-refractivity contribution >= 4 is 0 Å². The summed E-state index contributed by atoms with van der Waals surface area (Å²) < 4.78 is 0. The van der Waals surface area contributed by atoms with Crippen LogP contribution in [0.1, 0.15) is 11.5 Å². The van der Waals surface area contributed by atoms with E-state index in [2.05, 4.69) is 17.6 Å². The molecular formula is C10H9N. The molecule has 0 saturated carbocycles.